The van der Waals surface area contributed by atoms with Crippen LogP contribution in [0.4, 0.5) is 5.13 Å². The molecule has 1 atom stereocenters. The number of aromatic nitrogens is 1. The highest BCUT2D eigenvalue weighted by molar-refractivity contribution is 7.15. The van der Waals surface area contributed by atoms with Crippen LogP contribution < -0.4 is 10.2 Å². The first-order chi connectivity index (χ1) is 8.24. The number of thiazole rings is 1. The first-order valence-electron chi connectivity index (χ1n) is 6.24. The van der Waals surface area contributed by atoms with Crippen molar-refractivity contribution in [2.45, 2.75) is 32.9 Å². The van der Waals surface area contributed by atoms with Gasteiger partial charge in [0.05, 0.1) is 18.4 Å². The van der Waals surface area contributed by atoms with Crippen LogP contribution in [0.5, 0.6) is 0 Å². The topological polar surface area (TPSA) is 37.4 Å². The molecule has 0 saturated carbocycles. The van der Waals surface area contributed by atoms with Crippen molar-refractivity contribution in [3.63, 3.8) is 0 Å². The lowest BCUT2D eigenvalue weighted by molar-refractivity contribution is 0.0532. The van der Waals surface area contributed by atoms with Crippen LogP contribution in [-0.4, -0.2) is 37.8 Å². The van der Waals surface area contributed by atoms with Gasteiger partial charge in [0.1, 0.15) is 0 Å². The van der Waals surface area contributed by atoms with E-state index in [0.29, 0.717) is 6.10 Å². The highest BCUT2D eigenvalue weighted by Crippen LogP contribution is 2.28. The summed E-state index contributed by atoms with van der Waals surface area (Å²) in [5, 5.41) is 4.37. The molecule has 0 aliphatic carbocycles. The van der Waals surface area contributed by atoms with Crippen LogP contribution in [0.2, 0.25) is 0 Å². The molecule has 96 valence electrons. The van der Waals surface area contributed by atoms with E-state index >= 15 is 0 Å². The van der Waals surface area contributed by atoms with E-state index in [1.54, 1.807) is 0 Å². The number of aryl methyl sites for hydroxylation is 1. The second kappa shape index (κ2) is 5.80. The number of nitrogens with zero attached hydrogens (tertiary/aromatic N) is 2. The fourth-order valence-corrected chi connectivity index (χ4v) is 3.27. The Hall–Kier alpha value is -0.650. The van der Waals surface area contributed by atoms with E-state index in [2.05, 4.69) is 24.1 Å². The molecule has 0 radical (unpaired) electrons. The zero-order valence-corrected chi connectivity index (χ0v) is 11.6. The van der Waals surface area contributed by atoms with Crippen molar-refractivity contribution in [3.05, 3.63) is 10.6 Å². The molecular weight excluding hydrogens is 234 g/mol. The number of rotatable bonds is 4. The number of anilines is 1. The highest BCUT2D eigenvalue weighted by atomic mass is 32.1. The summed E-state index contributed by atoms with van der Waals surface area (Å²) in [7, 11) is 1.98. The number of ether oxygens (including phenoxy) is 1. The second-order valence-corrected chi connectivity index (χ2v) is 5.44. The minimum Gasteiger partial charge on any atom is -0.375 e. The lowest BCUT2D eigenvalue weighted by Crippen LogP contribution is -2.41. The van der Waals surface area contributed by atoms with Gasteiger partial charge in [-0.3, -0.25) is 0 Å². The van der Waals surface area contributed by atoms with E-state index in [9.17, 15) is 0 Å². The summed E-state index contributed by atoms with van der Waals surface area (Å²) >= 11 is 1.81. The molecule has 1 saturated heterocycles. The molecule has 1 fully saturated rings. The minimum absolute atomic E-state index is 0.311. The van der Waals surface area contributed by atoms with Gasteiger partial charge < -0.3 is 15.0 Å². The number of morpholine rings is 1. The van der Waals surface area contributed by atoms with Crippen molar-refractivity contribution in [1.82, 2.24) is 10.3 Å². The molecule has 2 heterocycles. The Morgan fingerprint density at radius 2 is 2.41 bits per heavy atom. The molecule has 0 bridgehead atoms. The van der Waals surface area contributed by atoms with Gasteiger partial charge in [0.2, 0.25) is 0 Å². The van der Waals surface area contributed by atoms with Gasteiger partial charge in [0.25, 0.3) is 0 Å². The zero-order chi connectivity index (χ0) is 12.3. The second-order valence-electron chi connectivity index (χ2n) is 4.38. The van der Waals surface area contributed by atoms with Crippen LogP contribution in [0.3, 0.4) is 0 Å². The van der Waals surface area contributed by atoms with Crippen molar-refractivity contribution >= 4 is 16.5 Å². The van der Waals surface area contributed by atoms with Gasteiger partial charge >= 0.3 is 0 Å². The highest BCUT2D eigenvalue weighted by Gasteiger charge is 2.20. The van der Waals surface area contributed by atoms with E-state index in [1.807, 2.05) is 18.4 Å². The van der Waals surface area contributed by atoms with Crippen molar-refractivity contribution in [2.75, 3.05) is 31.6 Å². The molecule has 1 aromatic rings. The minimum atomic E-state index is 0.311. The summed E-state index contributed by atoms with van der Waals surface area (Å²) in [6, 6.07) is 0. The summed E-state index contributed by atoms with van der Waals surface area (Å²) < 4.78 is 5.56. The van der Waals surface area contributed by atoms with Gasteiger partial charge in [-0.25, -0.2) is 4.98 Å². The summed E-state index contributed by atoms with van der Waals surface area (Å²) in [6.07, 6.45) is 1.32. The molecule has 1 aromatic heterocycles. The van der Waals surface area contributed by atoms with Crippen LogP contribution in [-0.2, 0) is 17.7 Å². The molecule has 4 nitrogen and oxygen atoms in total. The monoisotopic (exact) mass is 255 g/mol. The summed E-state index contributed by atoms with van der Waals surface area (Å²) in [5.74, 6) is 0. The summed E-state index contributed by atoms with van der Waals surface area (Å²) in [4.78, 5) is 8.46. The van der Waals surface area contributed by atoms with Crippen molar-refractivity contribution in [1.29, 1.82) is 0 Å². The van der Waals surface area contributed by atoms with Crippen molar-refractivity contribution < 1.29 is 4.74 Å². The van der Waals surface area contributed by atoms with E-state index in [1.165, 1.54) is 10.6 Å². The van der Waals surface area contributed by atoms with Crippen LogP contribution in [0, 0.1) is 0 Å². The van der Waals surface area contributed by atoms with Gasteiger partial charge in [-0.05, 0) is 20.4 Å². The van der Waals surface area contributed by atoms with E-state index in [0.717, 1.165) is 37.8 Å². The number of nitrogens with one attached hydrogen (secondary N) is 1. The van der Waals surface area contributed by atoms with Gasteiger partial charge in [0, 0.05) is 24.5 Å². The Kier molecular flexibility index (Phi) is 4.36. The molecule has 0 aromatic carbocycles. The summed E-state index contributed by atoms with van der Waals surface area (Å²) in [6.45, 7) is 7.93. The predicted octanol–water partition coefficient (Wildman–Crippen LogP) is 1.65. The largest absolute Gasteiger partial charge is 0.375 e. The Morgan fingerprint density at radius 1 is 1.59 bits per heavy atom. The number of hydrogen-bond acceptors (Lipinski definition) is 5. The van der Waals surface area contributed by atoms with E-state index < -0.39 is 0 Å². The standard InChI is InChI=1S/C12H21N3OS/c1-4-10-11(7-13-3)17-12(14-10)15-5-6-16-9(2)8-15/h9,13H,4-8H2,1-3H3. The van der Waals surface area contributed by atoms with Crippen molar-refractivity contribution in [2.24, 2.45) is 0 Å². The molecular formula is C12H21N3OS. The Labute approximate surface area is 107 Å². The van der Waals surface area contributed by atoms with Crippen LogP contribution in [0.25, 0.3) is 0 Å². The van der Waals surface area contributed by atoms with Crippen LogP contribution >= 0.6 is 11.3 Å². The number of hydrogen-bond donors (Lipinski definition) is 1. The normalized spacial score (nSPS) is 20.9. The third-order valence-electron chi connectivity index (χ3n) is 2.95. The fourth-order valence-electron chi connectivity index (χ4n) is 2.07. The third kappa shape index (κ3) is 2.97. The average molecular weight is 255 g/mol. The molecule has 1 unspecified atom stereocenters. The van der Waals surface area contributed by atoms with Gasteiger partial charge in [-0.2, -0.15) is 0 Å². The molecule has 1 N–H and O–H groups in total. The Balaban J connectivity index is 2.14. The van der Waals surface area contributed by atoms with Crippen LogP contribution in [0.1, 0.15) is 24.4 Å². The molecule has 1 aliphatic rings. The van der Waals surface area contributed by atoms with Gasteiger partial charge in [-0.1, -0.05) is 6.92 Å². The molecule has 17 heavy (non-hydrogen) atoms. The SMILES string of the molecule is CCc1nc(N2CCOC(C)C2)sc1CNC. The van der Waals surface area contributed by atoms with Crippen molar-refractivity contribution in [3.8, 4) is 0 Å². The van der Waals surface area contributed by atoms with E-state index in [4.69, 9.17) is 9.72 Å². The first-order valence-corrected chi connectivity index (χ1v) is 7.06. The maximum atomic E-state index is 5.56. The fraction of sp³-hybridized carbons (Fsp3) is 0.750. The van der Waals surface area contributed by atoms with Gasteiger partial charge in [0.15, 0.2) is 5.13 Å². The Bertz CT molecular complexity index is 367. The molecule has 0 spiro atoms. The third-order valence-corrected chi connectivity index (χ3v) is 4.11. The molecule has 5 heteroatoms. The zero-order valence-electron chi connectivity index (χ0n) is 10.8. The smallest absolute Gasteiger partial charge is 0.185 e. The summed E-state index contributed by atoms with van der Waals surface area (Å²) in [5.41, 5.74) is 1.23. The first kappa shape index (κ1) is 12.8. The maximum Gasteiger partial charge on any atom is 0.185 e. The average Bonchev–Trinajstić information content (AvgIpc) is 2.73. The van der Waals surface area contributed by atoms with E-state index in [-0.39, 0.29) is 0 Å². The maximum absolute atomic E-state index is 5.56. The molecule has 2 rings (SSSR count). The molecule has 0 amide bonds. The Morgan fingerprint density at radius 3 is 3.06 bits per heavy atom. The lowest BCUT2D eigenvalue weighted by atomic mass is 10.3. The lowest BCUT2D eigenvalue weighted by Gasteiger charge is -2.30. The predicted molar refractivity (Wildman–Crippen MR) is 71.9 cm³/mol. The van der Waals surface area contributed by atoms with Crippen LogP contribution in [0.15, 0.2) is 0 Å². The quantitative estimate of drug-likeness (QED) is 0.888. The molecule has 1 aliphatic heterocycles. The van der Waals surface area contributed by atoms with Gasteiger partial charge in [-0.15, -0.1) is 11.3 Å².